The van der Waals surface area contributed by atoms with E-state index >= 15 is 0 Å². The molecule has 29 heavy (non-hydrogen) atoms. The van der Waals surface area contributed by atoms with Crippen LogP contribution in [0.5, 0.6) is 5.75 Å². The minimum absolute atomic E-state index is 0.0228. The standard InChI is InChI=1S/C21H19N5O3/c1-29-16-8-6-14(7-9-16)24-20(27)13-26-12-15(10-23-26)25-21(28)18-11-22-19-5-3-2-4-17(18)19/h2-12,22H,13H2,1H3,(H,24,27)(H,25,28). The topological polar surface area (TPSA) is 101 Å². The molecule has 4 aromatic rings. The van der Waals surface area contributed by atoms with E-state index in [1.165, 1.54) is 10.9 Å². The quantitative estimate of drug-likeness (QED) is 0.471. The Kier molecular flexibility index (Phi) is 4.98. The molecule has 4 rings (SSSR count). The van der Waals surface area contributed by atoms with E-state index in [1.807, 2.05) is 24.3 Å². The number of hydrogen-bond acceptors (Lipinski definition) is 4. The fourth-order valence-electron chi connectivity index (χ4n) is 2.99. The highest BCUT2D eigenvalue weighted by Gasteiger charge is 2.13. The molecule has 146 valence electrons. The van der Waals surface area contributed by atoms with Crippen LogP contribution in [-0.2, 0) is 11.3 Å². The number of amides is 2. The molecule has 2 heterocycles. The average Bonchev–Trinajstić information content (AvgIpc) is 3.35. The minimum atomic E-state index is -0.246. The summed E-state index contributed by atoms with van der Waals surface area (Å²) in [5.41, 5.74) is 2.61. The first-order chi connectivity index (χ1) is 14.1. The van der Waals surface area contributed by atoms with Gasteiger partial charge >= 0.3 is 0 Å². The second-order valence-corrected chi connectivity index (χ2v) is 6.41. The summed E-state index contributed by atoms with van der Waals surface area (Å²) in [5, 5.41) is 10.6. The number of methoxy groups -OCH3 is 1. The summed E-state index contributed by atoms with van der Waals surface area (Å²) in [6.07, 6.45) is 4.79. The maximum Gasteiger partial charge on any atom is 0.257 e. The fraction of sp³-hybridized carbons (Fsp3) is 0.0952. The van der Waals surface area contributed by atoms with Crippen LogP contribution in [0.15, 0.2) is 67.1 Å². The van der Waals surface area contributed by atoms with Crippen LogP contribution in [0.25, 0.3) is 10.9 Å². The maximum atomic E-state index is 12.6. The highest BCUT2D eigenvalue weighted by atomic mass is 16.5. The van der Waals surface area contributed by atoms with Crippen LogP contribution in [0.1, 0.15) is 10.4 Å². The first-order valence-corrected chi connectivity index (χ1v) is 8.96. The van der Waals surface area contributed by atoms with Gasteiger partial charge in [0.2, 0.25) is 5.91 Å². The van der Waals surface area contributed by atoms with Crippen molar-refractivity contribution in [2.24, 2.45) is 0 Å². The number of aromatic amines is 1. The largest absolute Gasteiger partial charge is 0.497 e. The third-order valence-corrected chi connectivity index (χ3v) is 4.40. The molecule has 8 heteroatoms. The van der Waals surface area contributed by atoms with Gasteiger partial charge in [0.25, 0.3) is 5.91 Å². The molecule has 0 aliphatic carbocycles. The van der Waals surface area contributed by atoms with Gasteiger partial charge in [0.05, 0.1) is 24.6 Å². The van der Waals surface area contributed by atoms with Crippen molar-refractivity contribution in [3.8, 4) is 5.75 Å². The highest BCUT2D eigenvalue weighted by Crippen LogP contribution is 2.19. The monoisotopic (exact) mass is 389 g/mol. The summed E-state index contributed by atoms with van der Waals surface area (Å²) in [7, 11) is 1.58. The zero-order valence-electron chi connectivity index (χ0n) is 15.7. The number of aromatic nitrogens is 3. The van der Waals surface area contributed by atoms with E-state index in [2.05, 4.69) is 20.7 Å². The number of anilines is 2. The first-order valence-electron chi connectivity index (χ1n) is 8.96. The lowest BCUT2D eigenvalue weighted by Gasteiger charge is -2.06. The average molecular weight is 389 g/mol. The third-order valence-electron chi connectivity index (χ3n) is 4.40. The number of carbonyl (C=O) groups excluding carboxylic acids is 2. The van der Waals surface area contributed by atoms with Gasteiger partial charge in [-0.1, -0.05) is 18.2 Å². The van der Waals surface area contributed by atoms with Crippen LogP contribution in [0.3, 0.4) is 0 Å². The minimum Gasteiger partial charge on any atom is -0.497 e. The number of hydrogen-bond donors (Lipinski definition) is 3. The van der Waals surface area contributed by atoms with Gasteiger partial charge in [-0.3, -0.25) is 14.3 Å². The van der Waals surface area contributed by atoms with E-state index in [9.17, 15) is 9.59 Å². The summed E-state index contributed by atoms with van der Waals surface area (Å²) in [5.74, 6) is 0.239. The lowest BCUT2D eigenvalue weighted by molar-refractivity contribution is -0.116. The molecule has 0 saturated carbocycles. The molecule has 0 aliphatic rings. The predicted molar refractivity (Wildman–Crippen MR) is 110 cm³/mol. The Hall–Kier alpha value is -4.07. The Bertz CT molecular complexity index is 1160. The van der Waals surface area contributed by atoms with Gasteiger partial charge < -0.3 is 20.4 Å². The lowest BCUT2D eigenvalue weighted by Crippen LogP contribution is -2.19. The van der Waals surface area contributed by atoms with Crippen molar-refractivity contribution in [2.45, 2.75) is 6.54 Å². The Morgan fingerprint density at radius 2 is 1.86 bits per heavy atom. The van der Waals surface area contributed by atoms with E-state index in [0.29, 0.717) is 22.7 Å². The van der Waals surface area contributed by atoms with Gasteiger partial charge in [-0.25, -0.2) is 0 Å². The van der Waals surface area contributed by atoms with E-state index in [4.69, 9.17) is 4.74 Å². The highest BCUT2D eigenvalue weighted by molar-refractivity contribution is 6.12. The van der Waals surface area contributed by atoms with Crippen LogP contribution >= 0.6 is 0 Å². The SMILES string of the molecule is COc1ccc(NC(=O)Cn2cc(NC(=O)c3c[nH]c4ccccc34)cn2)cc1. The summed E-state index contributed by atoms with van der Waals surface area (Å²) in [4.78, 5) is 27.8. The number of nitrogens with one attached hydrogen (secondary N) is 3. The number of H-pyrrole nitrogens is 1. The van der Waals surface area contributed by atoms with Gasteiger partial charge in [-0.2, -0.15) is 5.10 Å². The Morgan fingerprint density at radius 1 is 1.07 bits per heavy atom. The molecule has 2 amide bonds. The van der Waals surface area contributed by atoms with Crippen molar-refractivity contribution < 1.29 is 14.3 Å². The second-order valence-electron chi connectivity index (χ2n) is 6.41. The smallest absolute Gasteiger partial charge is 0.257 e. The molecule has 2 aromatic carbocycles. The van der Waals surface area contributed by atoms with Crippen LogP contribution in [0.2, 0.25) is 0 Å². The number of carbonyl (C=O) groups is 2. The Morgan fingerprint density at radius 3 is 2.66 bits per heavy atom. The molecular weight excluding hydrogens is 370 g/mol. The number of ether oxygens (including phenoxy) is 1. The molecule has 0 spiro atoms. The number of fused-ring (bicyclic) bond motifs is 1. The maximum absolute atomic E-state index is 12.6. The second kappa shape index (κ2) is 7.89. The first kappa shape index (κ1) is 18.3. The van der Waals surface area contributed by atoms with Gasteiger partial charge in [-0.05, 0) is 30.3 Å². The Labute approximate surface area is 166 Å². The third kappa shape index (κ3) is 4.11. The van der Waals surface area contributed by atoms with Crippen molar-refractivity contribution in [2.75, 3.05) is 17.7 Å². The zero-order valence-corrected chi connectivity index (χ0v) is 15.7. The van der Waals surface area contributed by atoms with E-state index in [-0.39, 0.29) is 18.4 Å². The van der Waals surface area contributed by atoms with E-state index in [0.717, 1.165) is 10.9 Å². The molecule has 0 fully saturated rings. The molecule has 0 radical (unpaired) electrons. The van der Waals surface area contributed by atoms with Crippen LogP contribution in [0.4, 0.5) is 11.4 Å². The molecule has 0 aliphatic heterocycles. The normalized spacial score (nSPS) is 10.7. The van der Waals surface area contributed by atoms with Crippen molar-refractivity contribution in [1.82, 2.24) is 14.8 Å². The van der Waals surface area contributed by atoms with Gasteiger partial charge in [0.1, 0.15) is 12.3 Å². The molecule has 2 aromatic heterocycles. The van der Waals surface area contributed by atoms with Gasteiger partial charge in [0.15, 0.2) is 0 Å². The number of nitrogens with zero attached hydrogens (tertiary/aromatic N) is 2. The van der Waals surface area contributed by atoms with E-state index < -0.39 is 0 Å². The van der Waals surface area contributed by atoms with Crippen molar-refractivity contribution in [3.63, 3.8) is 0 Å². The van der Waals surface area contributed by atoms with Crippen LogP contribution < -0.4 is 15.4 Å². The number of rotatable bonds is 6. The number of para-hydroxylation sites is 1. The fourth-order valence-corrected chi connectivity index (χ4v) is 2.99. The zero-order chi connectivity index (χ0) is 20.2. The summed E-state index contributed by atoms with van der Waals surface area (Å²) in [6.45, 7) is 0.0228. The van der Waals surface area contributed by atoms with Crippen LogP contribution in [-0.4, -0.2) is 33.7 Å². The summed E-state index contributed by atoms with van der Waals surface area (Å²) < 4.78 is 6.55. The Balaban J connectivity index is 1.37. The van der Waals surface area contributed by atoms with Crippen molar-refractivity contribution >= 4 is 34.1 Å². The molecule has 0 unspecified atom stereocenters. The predicted octanol–water partition coefficient (Wildman–Crippen LogP) is 3.26. The lowest BCUT2D eigenvalue weighted by atomic mass is 10.1. The van der Waals surface area contributed by atoms with Crippen molar-refractivity contribution in [3.05, 3.63) is 72.7 Å². The summed E-state index contributed by atoms with van der Waals surface area (Å²) >= 11 is 0. The van der Waals surface area contributed by atoms with Crippen molar-refractivity contribution in [1.29, 1.82) is 0 Å². The summed E-state index contributed by atoms with van der Waals surface area (Å²) in [6, 6.07) is 14.6. The molecular formula is C21H19N5O3. The molecule has 0 bridgehead atoms. The van der Waals surface area contributed by atoms with E-state index in [1.54, 1.807) is 43.8 Å². The molecule has 0 atom stereocenters. The van der Waals surface area contributed by atoms with Gasteiger partial charge in [0, 0.05) is 29.0 Å². The molecule has 3 N–H and O–H groups in total. The van der Waals surface area contributed by atoms with Crippen LogP contribution in [0, 0.1) is 0 Å². The molecule has 0 saturated heterocycles. The van der Waals surface area contributed by atoms with Gasteiger partial charge in [-0.15, -0.1) is 0 Å². The molecule has 8 nitrogen and oxygen atoms in total. The number of benzene rings is 2.